The average molecular weight is 335 g/mol. The van der Waals surface area contributed by atoms with Gasteiger partial charge in [-0.05, 0) is 38.4 Å². The number of carbonyl (C=O) groups is 1. The third-order valence-corrected chi connectivity index (χ3v) is 3.96. The van der Waals surface area contributed by atoms with Crippen LogP contribution in [-0.4, -0.2) is 53.3 Å². The summed E-state index contributed by atoms with van der Waals surface area (Å²) < 4.78 is 39.2. The first-order valence-electron chi connectivity index (χ1n) is 7.43. The molecule has 0 amide bonds. The lowest BCUT2D eigenvalue weighted by molar-refractivity contribution is -0.192. The Bertz CT molecular complexity index is 535. The fraction of sp³-hybridized carbons (Fsp3) is 0.714. The molecule has 0 saturated carbocycles. The van der Waals surface area contributed by atoms with Crippen molar-refractivity contribution in [2.45, 2.75) is 37.9 Å². The zero-order valence-electron chi connectivity index (χ0n) is 12.8. The number of nitrogens with zero attached hydrogens (tertiary/aromatic N) is 2. The van der Waals surface area contributed by atoms with Crippen molar-refractivity contribution in [1.29, 1.82) is 0 Å². The topological polar surface area (TPSA) is 76.4 Å². The summed E-state index contributed by atoms with van der Waals surface area (Å²) in [6, 6.07) is 0.485. The molecule has 2 fully saturated rings. The second-order valence-corrected chi connectivity index (χ2v) is 5.68. The van der Waals surface area contributed by atoms with Crippen LogP contribution in [0, 0.1) is 6.92 Å². The van der Waals surface area contributed by atoms with Gasteiger partial charge in [-0.25, -0.2) is 4.79 Å². The maximum atomic E-state index is 10.6. The molecule has 23 heavy (non-hydrogen) atoms. The highest BCUT2D eigenvalue weighted by atomic mass is 19.4. The molecule has 0 unspecified atom stereocenters. The molecule has 6 nitrogen and oxygen atoms in total. The predicted molar refractivity (Wildman–Crippen MR) is 75.4 cm³/mol. The van der Waals surface area contributed by atoms with Gasteiger partial charge in [0.2, 0.25) is 0 Å². The van der Waals surface area contributed by atoms with E-state index in [2.05, 4.69) is 22.0 Å². The summed E-state index contributed by atoms with van der Waals surface area (Å²) in [5, 5.41) is 15.1. The van der Waals surface area contributed by atoms with E-state index in [1.165, 1.54) is 24.1 Å². The molecule has 0 atom stereocenters. The van der Waals surface area contributed by atoms with Crippen LogP contribution in [-0.2, 0) is 9.53 Å². The molecule has 3 heterocycles. The first-order chi connectivity index (χ1) is 10.8. The lowest BCUT2D eigenvalue weighted by atomic mass is 9.92. The van der Waals surface area contributed by atoms with Gasteiger partial charge in [0.1, 0.15) is 0 Å². The molecule has 0 spiro atoms. The van der Waals surface area contributed by atoms with Crippen molar-refractivity contribution in [2.75, 3.05) is 26.3 Å². The van der Waals surface area contributed by atoms with Crippen LogP contribution in [0.1, 0.15) is 36.1 Å². The molecular weight excluding hydrogens is 315 g/mol. The van der Waals surface area contributed by atoms with Gasteiger partial charge in [0.25, 0.3) is 0 Å². The van der Waals surface area contributed by atoms with Crippen LogP contribution in [0.4, 0.5) is 13.2 Å². The molecule has 2 N–H and O–H groups in total. The Morgan fingerprint density at radius 3 is 2.39 bits per heavy atom. The monoisotopic (exact) mass is 335 g/mol. The number of aryl methyl sites for hydroxylation is 1. The third-order valence-electron chi connectivity index (χ3n) is 3.96. The van der Waals surface area contributed by atoms with E-state index in [0.29, 0.717) is 12.0 Å². The zero-order chi connectivity index (χ0) is 17.0. The van der Waals surface area contributed by atoms with E-state index < -0.39 is 12.1 Å². The Labute approximate surface area is 131 Å². The quantitative estimate of drug-likeness (QED) is 0.863. The molecule has 0 aromatic carbocycles. The molecular formula is C14H20F3N3O3. The van der Waals surface area contributed by atoms with Crippen LogP contribution in [0.15, 0.2) is 6.20 Å². The summed E-state index contributed by atoms with van der Waals surface area (Å²) in [7, 11) is 0. The molecule has 0 radical (unpaired) electrons. The maximum Gasteiger partial charge on any atom is 0.490 e. The van der Waals surface area contributed by atoms with Gasteiger partial charge in [-0.2, -0.15) is 18.3 Å². The first-order valence-corrected chi connectivity index (χ1v) is 7.43. The minimum absolute atomic E-state index is 0.485. The van der Waals surface area contributed by atoms with Gasteiger partial charge in [-0.3, -0.25) is 4.68 Å². The van der Waals surface area contributed by atoms with Gasteiger partial charge in [-0.1, -0.05) is 0 Å². The smallest absolute Gasteiger partial charge is 0.475 e. The van der Waals surface area contributed by atoms with Gasteiger partial charge in [0.15, 0.2) is 0 Å². The predicted octanol–water partition coefficient (Wildman–Crippen LogP) is 1.86. The molecule has 0 aliphatic carbocycles. The number of carboxylic acids is 1. The van der Waals surface area contributed by atoms with Crippen LogP contribution in [0.5, 0.6) is 0 Å². The first kappa shape index (κ1) is 17.7. The van der Waals surface area contributed by atoms with Crippen molar-refractivity contribution in [3.8, 4) is 0 Å². The number of aromatic nitrogens is 2. The third kappa shape index (κ3) is 4.44. The number of hydrogen-bond acceptors (Lipinski definition) is 4. The number of hydrogen-bond donors (Lipinski definition) is 2. The molecule has 1 aromatic heterocycles. The largest absolute Gasteiger partial charge is 0.490 e. The summed E-state index contributed by atoms with van der Waals surface area (Å²) in [6.07, 6.45) is -0.601. The highest BCUT2D eigenvalue weighted by molar-refractivity contribution is 5.73. The van der Waals surface area contributed by atoms with E-state index in [4.69, 9.17) is 14.6 Å². The minimum atomic E-state index is -5.08. The Balaban J connectivity index is 0.000000236. The highest BCUT2D eigenvalue weighted by Gasteiger charge is 2.38. The second kappa shape index (κ2) is 7.31. The van der Waals surface area contributed by atoms with E-state index >= 15 is 0 Å². The van der Waals surface area contributed by atoms with E-state index in [1.807, 2.05) is 6.20 Å². The molecule has 0 bridgehead atoms. The SMILES string of the molecule is Cc1cnn(C2COC2)c1C1CCNCC1.O=C(O)C(F)(F)F. The molecule has 2 aliphatic heterocycles. The fourth-order valence-electron chi connectivity index (χ4n) is 2.72. The van der Waals surface area contributed by atoms with Crippen molar-refractivity contribution < 1.29 is 27.8 Å². The van der Waals surface area contributed by atoms with Crippen molar-refractivity contribution in [3.63, 3.8) is 0 Å². The number of halogens is 3. The standard InChI is InChI=1S/C12H19N3O.C2HF3O2/c1-9-6-14-15(11-7-16-8-11)12(9)10-2-4-13-5-3-10;3-2(4,5)1(6)7/h6,10-11,13H,2-5,7-8H2,1H3;(H,6,7). The van der Waals surface area contributed by atoms with Gasteiger partial charge in [0.05, 0.1) is 25.5 Å². The number of ether oxygens (including phenoxy) is 1. The molecule has 9 heteroatoms. The normalized spacial score (nSPS) is 19.7. The number of alkyl halides is 3. The van der Waals surface area contributed by atoms with Gasteiger partial charge >= 0.3 is 12.1 Å². The van der Waals surface area contributed by atoms with Crippen LogP contribution < -0.4 is 5.32 Å². The number of rotatable bonds is 2. The summed E-state index contributed by atoms with van der Waals surface area (Å²) in [4.78, 5) is 8.90. The molecule has 3 rings (SSSR count). The summed E-state index contributed by atoms with van der Waals surface area (Å²) in [5.74, 6) is -2.07. The van der Waals surface area contributed by atoms with Crippen LogP contribution in [0.2, 0.25) is 0 Å². The van der Waals surface area contributed by atoms with Crippen LogP contribution >= 0.6 is 0 Å². The van der Waals surface area contributed by atoms with E-state index in [1.54, 1.807) is 0 Å². The number of carboxylic acid groups (broad SMARTS) is 1. The Morgan fingerprint density at radius 2 is 1.96 bits per heavy atom. The summed E-state index contributed by atoms with van der Waals surface area (Å²) in [5.41, 5.74) is 2.80. The lowest BCUT2D eigenvalue weighted by Gasteiger charge is -2.31. The average Bonchev–Trinajstić information content (AvgIpc) is 2.79. The van der Waals surface area contributed by atoms with E-state index in [0.717, 1.165) is 26.3 Å². The van der Waals surface area contributed by atoms with E-state index in [9.17, 15) is 13.2 Å². The Morgan fingerprint density at radius 1 is 1.39 bits per heavy atom. The minimum Gasteiger partial charge on any atom is -0.475 e. The molecule has 1 aromatic rings. The van der Waals surface area contributed by atoms with Crippen molar-refractivity contribution >= 4 is 5.97 Å². The number of nitrogens with one attached hydrogen (secondary N) is 1. The van der Waals surface area contributed by atoms with E-state index in [-0.39, 0.29) is 0 Å². The zero-order valence-corrected chi connectivity index (χ0v) is 12.8. The Hall–Kier alpha value is -1.61. The number of piperidine rings is 1. The molecule has 2 saturated heterocycles. The molecule has 2 aliphatic rings. The fourth-order valence-corrected chi connectivity index (χ4v) is 2.72. The van der Waals surface area contributed by atoms with Crippen molar-refractivity contribution in [1.82, 2.24) is 15.1 Å². The van der Waals surface area contributed by atoms with Gasteiger partial charge in [-0.15, -0.1) is 0 Å². The van der Waals surface area contributed by atoms with Crippen molar-refractivity contribution in [3.05, 3.63) is 17.5 Å². The van der Waals surface area contributed by atoms with Crippen LogP contribution in [0.25, 0.3) is 0 Å². The Kier molecular flexibility index (Phi) is 5.64. The van der Waals surface area contributed by atoms with Gasteiger partial charge in [0, 0.05) is 11.6 Å². The van der Waals surface area contributed by atoms with Gasteiger partial charge < -0.3 is 15.2 Å². The lowest BCUT2D eigenvalue weighted by Crippen LogP contribution is -2.35. The second-order valence-electron chi connectivity index (χ2n) is 5.68. The summed E-state index contributed by atoms with van der Waals surface area (Å²) >= 11 is 0. The van der Waals surface area contributed by atoms with Crippen LogP contribution in [0.3, 0.4) is 0 Å². The highest BCUT2D eigenvalue weighted by Crippen LogP contribution is 2.31. The van der Waals surface area contributed by atoms with Crippen molar-refractivity contribution in [2.24, 2.45) is 0 Å². The summed E-state index contributed by atoms with van der Waals surface area (Å²) in [6.45, 7) is 6.12. The molecule has 130 valence electrons. The maximum absolute atomic E-state index is 10.6. The number of aliphatic carboxylic acids is 1.